The molecule has 0 fully saturated rings. The van der Waals surface area contributed by atoms with Crippen LogP contribution in [0.1, 0.15) is 16.7 Å². The molecule has 3 rings (SSSR count). The topological polar surface area (TPSA) is 81.8 Å². The highest BCUT2D eigenvalue weighted by Crippen LogP contribution is 2.28. The molecule has 8 heteroatoms. The van der Waals surface area contributed by atoms with Crippen LogP contribution in [-0.4, -0.2) is 16.8 Å². The highest BCUT2D eigenvalue weighted by atomic mass is 79.9. The zero-order chi connectivity index (χ0) is 18.1. The first-order valence-electron chi connectivity index (χ1n) is 7.08. The molecule has 0 radical (unpaired) electrons. The Balaban J connectivity index is 1.97. The average Bonchev–Trinajstić information content (AvgIpc) is 2.92. The molecule has 0 aliphatic carbocycles. The number of nitro groups is 1. The van der Waals surface area contributed by atoms with Gasteiger partial charge in [0, 0.05) is 16.1 Å². The van der Waals surface area contributed by atoms with Crippen molar-refractivity contribution in [2.75, 3.05) is 0 Å². The van der Waals surface area contributed by atoms with Crippen LogP contribution in [0.15, 0.2) is 56.0 Å². The number of aliphatic imine (C=N–C) groups is 1. The number of rotatable bonds is 3. The molecule has 126 valence electrons. The summed E-state index contributed by atoms with van der Waals surface area (Å²) in [6.07, 6.45) is 1.46. The van der Waals surface area contributed by atoms with Crippen LogP contribution in [0.5, 0.6) is 0 Å². The molecule has 0 unspecified atom stereocenters. The number of hydrogen-bond acceptors (Lipinski definition) is 5. The number of nitro benzene ring substituents is 1. The van der Waals surface area contributed by atoms with Gasteiger partial charge >= 0.3 is 5.97 Å². The Morgan fingerprint density at radius 2 is 1.88 bits per heavy atom. The molecule has 1 aliphatic heterocycles. The molecule has 2 aromatic rings. The number of halogens is 2. The highest BCUT2D eigenvalue weighted by Gasteiger charge is 2.24. The van der Waals surface area contributed by atoms with E-state index in [2.05, 4.69) is 36.9 Å². The SMILES string of the molecule is Cc1cc(C2=NC(=Cc3ccc(Br)c([N+](=O)[O-])c3)C(=O)O2)ccc1Br. The summed E-state index contributed by atoms with van der Waals surface area (Å²) in [5, 5.41) is 11.0. The van der Waals surface area contributed by atoms with Crippen LogP contribution in [-0.2, 0) is 9.53 Å². The Labute approximate surface area is 159 Å². The van der Waals surface area contributed by atoms with Gasteiger partial charge in [0.1, 0.15) is 0 Å². The molecule has 6 nitrogen and oxygen atoms in total. The van der Waals surface area contributed by atoms with E-state index in [4.69, 9.17) is 4.74 Å². The normalized spacial score (nSPS) is 15.2. The molecular formula is C17H10Br2N2O4. The van der Waals surface area contributed by atoms with E-state index in [0.29, 0.717) is 15.6 Å². The molecule has 0 saturated heterocycles. The van der Waals surface area contributed by atoms with E-state index in [-0.39, 0.29) is 17.3 Å². The van der Waals surface area contributed by atoms with Gasteiger partial charge in [-0.15, -0.1) is 0 Å². The maximum absolute atomic E-state index is 12.0. The van der Waals surface area contributed by atoms with Crippen molar-refractivity contribution in [2.45, 2.75) is 6.92 Å². The molecule has 1 aliphatic rings. The summed E-state index contributed by atoms with van der Waals surface area (Å²) in [4.78, 5) is 26.8. The quantitative estimate of drug-likeness (QED) is 0.283. The van der Waals surface area contributed by atoms with Gasteiger partial charge in [-0.05, 0) is 64.3 Å². The van der Waals surface area contributed by atoms with E-state index in [9.17, 15) is 14.9 Å². The molecule has 0 atom stereocenters. The minimum absolute atomic E-state index is 0.0894. The van der Waals surface area contributed by atoms with Crippen LogP contribution < -0.4 is 0 Å². The molecule has 2 aromatic carbocycles. The Bertz CT molecular complexity index is 967. The van der Waals surface area contributed by atoms with Gasteiger partial charge in [0.2, 0.25) is 5.90 Å². The predicted octanol–water partition coefficient (Wildman–Crippen LogP) is 4.77. The van der Waals surface area contributed by atoms with E-state index >= 15 is 0 Å². The molecule has 0 saturated carbocycles. The molecule has 0 spiro atoms. The van der Waals surface area contributed by atoms with Crippen LogP contribution in [0.2, 0.25) is 0 Å². The van der Waals surface area contributed by atoms with Crippen LogP contribution >= 0.6 is 31.9 Å². The fourth-order valence-electron chi connectivity index (χ4n) is 2.23. The van der Waals surface area contributed by atoms with Crippen LogP contribution in [0.3, 0.4) is 0 Å². The Hall–Kier alpha value is -2.32. The first-order valence-corrected chi connectivity index (χ1v) is 8.67. The summed E-state index contributed by atoms with van der Waals surface area (Å²) in [6, 6.07) is 10.0. The summed E-state index contributed by atoms with van der Waals surface area (Å²) in [6.45, 7) is 1.92. The highest BCUT2D eigenvalue weighted by molar-refractivity contribution is 9.10. The van der Waals surface area contributed by atoms with Gasteiger partial charge in [0.05, 0.1) is 9.40 Å². The average molecular weight is 466 g/mol. The first-order chi connectivity index (χ1) is 11.8. The van der Waals surface area contributed by atoms with E-state index in [1.807, 2.05) is 19.1 Å². The van der Waals surface area contributed by atoms with Crippen molar-refractivity contribution in [3.8, 4) is 0 Å². The summed E-state index contributed by atoms with van der Waals surface area (Å²) < 4.78 is 6.52. The smallest absolute Gasteiger partial charge is 0.363 e. The van der Waals surface area contributed by atoms with Crippen molar-refractivity contribution in [3.63, 3.8) is 0 Å². The lowest BCUT2D eigenvalue weighted by atomic mass is 10.1. The Morgan fingerprint density at radius 3 is 2.56 bits per heavy atom. The molecule has 1 heterocycles. The Kier molecular flexibility index (Phi) is 4.82. The second-order valence-corrected chi connectivity index (χ2v) is 6.98. The third-order valence-electron chi connectivity index (χ3n) is 3.50. The number of benzene rings is 2. The number of esters is 1. The van der Waals surface area contributed by atoms with Crippen molar-refractivity contribution < 1.29 is 14.5 Å². The monoisotopic (exact) mass is 464 g/mol. The van der Waals surface area contributed by atoms with Crippen molar-refractivity contribution in [2.24, 2.45) is 4.99 Å². The number of carbonyl (C=O) groups excluding carboxylic acids is 1. The van der Waals surface area contributed by atoms with Gasteiger partial charge in [0.25, 0.3) is 5.69 Å². The largest absolute Gasteiger partial charge is 0.402 e. The minimum Gasteiger partial charge on any atom is -0.402 e. The van der Waals surface area contributed by atoms with Gasteiger partial charge in [-0.3, -0.25) is 10.1 Å². The second-order valence-electron chi connectivity index (χ2n) is 5.27. The van der Waals surface area contributed by atoms with Crippen molar-refractivity contribution >= 4 is 55.5 Å². The number of ether oxygens (including phenoxy) is 1. The lowest BCUT2D eigenvalue weighted by molar-refractivity contribution is -0.385. The van der Waals surface area contributed by atoms with Crippen LogP contribution in [0, 0.1) is 17.0 Å². The fraction of sp³-hybridized carbons (Fsp3) is 0.0588. The third kappa shape index (κ3) is 3.69. The van der Waals surface area contributed by atoms with Crippen LogP contribution in [0.4, 0.5) is 5.69 Å². The fourth-order valence-corrected chi connectivity index (χ4v) is 2.87. The number of aryl methyl sites for hydroxylation is 1. The van der Waals surface area contributed by atoms with E-state index in [1.165, 1.54) is 12.1 Å². The third-order valence-corrected chi connectivity index (χ3v) is 5.06. The number of cyclic esters (lactones) is 1. The zero-order valence-electron chi connectivity index (χ0n) is 12.8. The summed E-state index contributed by atoms with van der Waals surface area (Å²) >= 11 is 6.54. The molecule has 0 aromatic heterocycles. The molecule has 25 heavy (non-hydrogen) atoms. The number of hydrogen-bond donors (Lipinski definition) is 0. The summed E-state index contributed by atoms with van der Waals surface area (Å²) in [5.41, 5.74) is 2.15. The van der Waals surface area contributed by atoms with Gasteiger partial charge in [-0.25, -0.2) is 9.79 Å². The summed E-state index contributed by atoms with van der Waals surface area (Å²) in [5.74, 6) is -0.389. The standard InChI is InChI=1S/C17H10Br2N2O4/c1-9-6-11(3-5-12(9)18)16-20-14(17(22)25-16)7-10-2-4-13(19)15(8-10)21(23)24/h2-8H,1H3. The number of nitrogens with zero attached hydrogens (tertiary/aromatic N) is 2. The second kappa shape index (κ2) is 6.89. The van der Waals surface area contributed by atoms with Gasteiger partial charge < -0.3 is 4.74 Å². The number of carbonyl (C=O) groups is 1. The molecule has 0 amide bonds. The van der Waals surface area contributed by atoms with E-state index in [0.717, 1.165) is 10.0 Å². The predicted molar refractivity (Wildman–Crippen MR) is 100 cm³/mol. The van der Waals surface area contributed by atoms with Crippen molar-refractivity contribution in [3.05, 3.63) is 77.8 Å². The van der Waals surface area contributed by atoms with Crippen molar-refractivity contribution in [1.29, 1.82) is 0 Å². The zero-order valence-corrected chi connectivity index (χ0v) is 16.0. The molecular weight excluding hydrogens is 456 g/mol. The Morgan fingerprint density at radius 1 is 1.16 bits per heavy atom. The maximum atomic E-state index is 12.0. The van der Waals surface area contributed by atoms with Crippen LogP contribution in [0.25, 0.3) is 6.08 Å². The minimum atomic E-state index is -0.596. The van der Waals surface area contributed by atoms with E-state index < -0.39 is 10.9 Å². The molecule has 0 N–H and O–H groups in total. The van der Waals surface area contributed by atoms with Crippen molar-refractivity contribution in [1.82, 2.24) is 0 Å². The van der Waals surface area contributed by atoms with Gasteiger partial charge in [-0.2, -0.15) is 0 Å². The summed E-state index contributed by atoms with van der Waals surface area (Å²) in [7, 11) is 0. The van der Waals surface area contributed by atoms with Gasteiger partial charge in [-0.1, -0.05) is 22.0 Å². The molecule has 0 bridgehead atoms. The van der Waals surface area contributed by atoms with E-state index in [1.54, 1.807) is 18.2 Å². The lowest BCUT2D eigenvalue weighted by Crippen LogP contribution is -2.05. The lowest BCUT2D eigenvalue weighted by Gasteiger charge is -2.02. The first kappa shape index (κ1) is 17.5. The maximum Gasteiger partial charge on any atom is 0.363 e. The van der Waals surface area contributed by atoms with Gasteiger partial charge in [0.15, 0.2) is 5.70 Å².